The molecule has 6 nitrogen and oxygen atoms in total. The highest BCUT2D eigenvalue weighted by Gasteiger charge is 2.22. The number of furan rings is 1. The summed E-state index contributed by atoms with van der Waals surface area (Å²) in [5.41, 5.74) is 4.73. The lowest BCUT2D eigenvalue weighted by Gasteiger charge is -2.36. The number of fused-ring (bicyclic) bond motifs is 1. The fourth-order valence-corrected chi connectivity index (χ4v) is 4.18. The highest BCUT2D eigenvalue weighted by molar-refractivity contribution is 5.97. The van der Waals surface area contributed by atoms with Crippen molar-refractivity contribution in [3.63, 3.8) is 0 Å². The summed E-state index contributed by atoms with van der Waals surface area (Å²) < 4.78 is 17.0. The molecule has 6 heteroatoms. The lowest BCUT2D eigenvalue weighted by atomic mass is 10.0. The van der Waals surface area contributed by atoms with E-state index < -0.39 is 0 Å². The standard InChI is InChI=1S/C26H30N2O4/c1-5-31-24-16-25-21(19(3)17-32-25)15-20(24)18(2)14-26(29)28-12-10-27(11-13-28)22-8-6-7-9-23(22)30-4/h6-9,14-17H,5,10-13H2,1-4H3/b18-14+. The summed E-state index contributed by atoms with van der Waals surface area (Å²) in [6, 6.07) is 12.0. The van der Waals surface area contributed by atoms with Gasteiger partial charge in [-0.25, -0.2) is 0 Å². The first kappa shape index (κ1) is 21.8. The lowest BCUT2D eigenvalue weighted by molar-refractivity contribution is -0.126. The lowest BCUT2D eigenvalue weighted by Crippen LogP contribution is -2.48. The average molecular weight is 435 g/mol. The van der Waals surface area contributed by atoms with Crippen molar-refractivity contribution in [1.82, 2.24) is 4.90 Å². The Morgan fingerprint density at radius 1 is 1.12 bits per heavy atom. The maximum atomic E-state index is 13.0. The number of methoxy groups -OCH3 is 1. The van der Waals surface area contributed by atoms with Crippen molar-refractivity contribution in [2.24, 2.45) is 0 Å². The van der Waals surface area contributed by atoms with Crippen LogP contribution in [0.3, 0.4) is 0 Å². The van der Waals surface area contributed by atoms with E-state index in [1.165, 1.54) is 0 Å². The first-order valence-electron chi connectivity index (χ1n) is 11.0. The predicted octanol–water partition coefficient (Wildman–Crippen LogP) is 4.90. The molecule has 0 saturated carbocycles. The van der Waals surface area contributed by atoms with Crippen LogP contribution < -0.4 is 14.4 Å². The number of nitrogens with zero attached hydrogens (tertiary/aromatic N) is 2. The molecular weight excluding hydrogens is 404 g/mol. The number of amides is 1. The number of benzene rings is 2. The van der Waals surface area contributed by atoms with E-state index in [4.69, 9.17) is 13.9 Å². The maximum Gasteiger partial charge on any atom is 0.246 e. The van der Waals surface area contributed by atoms with E-state index in [1.54, 1.807) is 19.4 Å². The molecule has 168 valence electrons. The van der Waals surface area contributed by atoms with Crippen LogP contribution in [0.4, 0.5) is 5.69 Å². The number of rotatable bonds is 6. The second kappa shape index (κ2) is 9.39. The summed E-state index contributed by atoms with van der Waals surface area (Å²) in [6.45, 7) is 9.34. The summed E-state index contributed by atoms with van der Waals surface area (Å²) in [5.74, 6) is 1.61. The number of carbonyl (C=O) groups is 1. The van der Waals surface area contributed by atoms with Crippen LogP contribution in [-0.4, -0.2) is 50.7 Å². The van der Waals surface area contributed by atoms with E-state index in [1.807, 2.05) is 49.9 Å². The van der Waals surface area contributed by atoms with Crippen molar-refractivity contribution >= 4 is 28.1 Å². The van der Waals surface area contributed by atoms with Crippen molar-refractivity contribution in [2.75, 3.05) is 44.8 Å². The number of hydrogen-bond acceptors (Lipinski definition) is 5. The molecular formula is C26H30N2O4. The van der Waals surface area contributed by atoms with Crippen molar-refractivity contribution in [3.05, 3.63) is 59.9 Å². The van der Waals surface area contributed by atoms with Crippen molar-refractivity contribution in [2.45, 2.75) is 20.8 Å². The number of aryl methyl sites for hydroxylation is 1. The fourth-order valence-electron chi connectivity index (χ4n) is 4.18. The van der Waals surface area contributed by atoms with Gasteiger partial charge in [0.2, 0.25) is 5.91 Å². The zero-order valence-corrected chi connectivity index (χ0v) is 19.2. The van der Waals surface area contributed by atoms with Gasteiger partial charge in [-0.05, 0) is 50.1 Å². The van der Waals surface area contributed by atoms with Crippen LogP contribution in [0.1, 0.15) is 25.0 Å². The van der Waals surface area contributed by atoms with E-state index in [2.05, 4.69) is 17.0 Å². The number of hydrogen-bond donors (Lipinski definition) is 0. The molecule has 0 radical (unpaired) electrons. The van der Waals surface area contributed by atoms with Gasteiger partial charge in [0.1, 0.15) is 17.1 Å². The second-order valence-electron chi connectivity index (χ2n) is 8.01. The first-order chi connectivity index (χ1) is 15.5. The Kier molecular flexibility index (Phi) is 6.40. The number of carbonyl (C=O) groups excluding carboxylic acids is 1. The molecule has 32 heavy (non-hydrogen) atoms. The molecule has 0 unspecified atom stereocenters. The first-order valence-corrected chi connectivity index (χ1v) is 11.0. The molecule has 4 rings (SSSR count). The fraction of sp³-hybridized carbons (Fsp3) is 0.346. The monoisotopic (exact) mass is 434 g/mol. The highest BCUT2D eigenvalue weighted by atomic mass is 16.5. The van der Waals surface area contributed by atoms with Gasteiger partial charge >= 0.3 is 0 Å². The smallest absolute Gasteiger partial charge is 0.246 e. The van der Waals surface area contributed by atoms with Crippen LogP contribution in [0.25, 0.3) is 16.5 Å². The van der Waals surface area contributed by atoms with Gasteiger partial charge in [0.05, 0.1) is 25.7 Å². The molecule has 2 heterocycles. The molecule has 0 atom stereocenters. The molecule has 1 aliphatic rings. The molecule has 1 aromatic heterocycles. The van der Waals surface area contributed by atoms with E-state index in [-0.39, 0.29) is 5.91 Å². The number of allylic oxidation sites excluding steroid dienone is 1. The molecule has 1 amide bonds. The Bertz CT molecular complexity index is 1140. The van der Waals surface area contributed by atoms with Crippen LogP contribution in [0.2, 0.25) is 0 Å². The van der Waals surface area contributed by atoms with Crippen LogP contribution in [0, 0.1) is 6.92 Å². The Labute approximate surface area is 189 Å². The van der Waals surface area contributed by atoms with Crippen molar-refractivity contribution in [1.29, 1.82) is 0 Å². The molecule has 0 N–H and O–H groups in total. The third-order valence-corrected chi connectivity index (χ3v) is 5.95. The van der Waals surface area contributed by atoms with E-state index in [0.29, 0.717) is 19.7 Å². The SMILES string of the molecule is CCOc1cc2occ(C)c2cc1/C(C)=C/C(=O)N1CCN(c2ccccc2OC)CC1. The van der Waals surface area contributed by atoms with E-state index in [9.17, 15) is 4.79 Å². The molecule has 1 saturated heterocycles. The van der Waals surface area contributed by atoms with Crippen LogP contribution >= 0.6 is 0 Å². The zero-order valence-electron chi connectivity index (χ0n) is 19.2. The van der Waals surface area contributed by atoms with Crippen LogP contribution in [0.5, 0.6) is 11.5 Å². The average Bonchev–Trinajstić information content (AvgIpc) is 3.18. The highest BCUT2D eigenvalue weighted by Crippen LogP contribution is 2.34. The predicted molar refractivity (Wildman–Crippen MR) is 128 cm³/mol. The van der Waals surface area contributed by atoms with Gasteiger partial charge < -0.3 is 23.7 Å². The maximum absolute atomic E-state index is 13.0. The molecule has 3 aromatic rings. The number of ether oxygens (including phenoxy) is 2. The summed E-state index contributed by atoms with van der Waals surface area (Å²) in [5, 5.41) is 1.04. The topological polar surface area (TPSA) is 55.2 Å². The largest absolute Gasteiger partial charge is 0.495 e. The summed E-state index contributed by atoms with van der Waals surface area (Å²) in [7, 11) is 1.69. The van der Waals surface area contributed by atoms with Crippen molar-refractivity contribution < 1.29 is 18.7 Å². The summed E-state index contributed by atoms with van der Waals surface area (Å²) >= 11 is 0. The van der Waals surface area contributed by atoms with Gasteiger partial charge in [0.15, 0.2) is 0 Å². The van der Waals surface area contributed by atoms with Gasteiger partial charge in [-0.1, -0.05) is 12.1 Å². The van der Waals surface area contributed by atoms with Gasteiger partial charge in [0.25, 0.3) is 0 Å². The van der Waals surface area contributed by atoms with Crippen LogP contribution in [-0.2, 0) is 4.79 Å². The molecule has 2 aromatic carbocycles. The molecule has 0 bridgehead atoms. The second-order valence-corrected chi connectivity index (χ2v) is 8.01. The van der Waals surface area contributed by atoms with Gasteiger partial charge in [0, 0.05) is 49.3 Å². The van der Waals surface area contributed by atoms with Gasteiger partial charge in [-0.2, -0.15) is 0 Å². The third-order valence-electron chi connectivity index (χ3n) is 5.95. The minimum atomic E-state index is 0.0219. The van der Waals surface area contributed by atoms with Gasteiger partial charge in [-0.3, -0.25) is 4.79 Å². The quantitative estimate of drug-likeness (QED) is 0.517. The molecule has 1 fully saturated rings. The Morgan fingerprint density at radius 3 is 2.59 bits per heavy atom. The Morgan fingerprint density at radius 2 is 1.88 bits per heavy atom. The number of anilines is 1. The number of piperazine rings is 1. The third kappa shape index (κ3) is 4.31. The van der Waals surface area contributed by atoms with Crippen LogP contribution in [0.15, 0.2) is 53.2 Å². The minimum Gasteiger partial charge on any atom is -0.495 e. The normalized spacial score (nSPS) is 14.7. The van der Waals surface area contributed by atoms with E-state index in [0.717, 1.165) is 57.9 Å². The van der Waals surface area contributed by atoms with Crippen molar-refractivity contribution in [3.8, 4) is 11.5 Å². The zero-order chi connectivity index (χ0) is 22.7. The van der Waals surface area contributed by atoms with E-state index >= 15 is 0 Å². The minimum absolute atomic E-state index is 0.0219. The Hall–Kier alpha value is -3.41. The van der Waals surface area contributed by atoms with Gasteiger partial charge in [-0.15, -0.1) is 0 Å². The molecule has 1 aliphatic heterocycles. The number of para-hydroxylation sites is 2. The summed E-state index contributed by atoms with van der Waals surface area (Å²) in [4.78, 5) is 17.2. The molecule has 0 spiro atoms. The molecule has 0 aliphatic carbocycles. The Balaban J connectivity index is 1.50. The summed E-state index contributed by atoms with van der Waals surface area (Å²) in [6.07, 6.45) is 3.47.